The van der Waals surface area contributed by atoms with Gasteiger partial charge in [-0.15, -0.1) is 0 Å². The third-order valence-corrected chi connectivity index (χ3v) is 3.45. The van der Waals surface area contributed by atoms with Gasteiger partial charge in [-0.1, -0.05) is 0 Å². The summed E-state index contributed by atoms with van der Waals surface area (Å²) in [6, 6.07) is 5.79. The molecule has 12 heavy (non-hydrogen) atoms. The number of hydrogen-bond donors (Lipinski definition) is 2. The first-order chi connectivity index (χ1) is 5.54. The van der Waals surface area contributed by atoms with E-state index in [0.29, 0.717) is 5.75 Å². The maximum absolute atomic E-state index is 10.7. The van der Waals surface area contributed by atoms with E-state index in [9.17, 15) is 3.83 Å². The predicted octanol–water partition coefficient (Wildman–Crippen LogP) is -1.01. The van der Waals surface area contributed by atoms with Gasteiger partial charge in [0.15, 0.2) is 0 Å². The topological polar surface area (TPSA) is 66.8 Å². The Morgan fingerprint density at radius 3 is 2.08 bits per heavy atom. The Balaban J connectivity index is 3.01. The molecule has 0 amide bonds. The Morgan fingerprint density at radius 2 is 1.75 bits per heavy atom. The summed E-state index contributed by atoms with van der Waals surface area (Å²) in [6.45, 7) is 0. The Hall–Kier alpha value is -0.741. The Labute approximate surface area is 72.5 Å². The van der Waals surface area contributed by atoms with Gasteiger partial charge in [-0.05, 0) is 0 Å². The van der Waals surface area contributed by atoms with E-state index in [-0.39, 0.29) is 4.46 Å². The summed E-state index contributed by atoms with van der Waals surface area (Å²) in [5, 5.41) is 0. The summed E-state index contributed by atoms with van der Waals surface area (Å²) >= 11 is -4.70. The Bertz CT molecular complexity index is 300. The van der Waals surface area contributed by atoms with Gasteiger partial charge in [0.1, 0.15) is 0 Å². The third kappa shape index (κ3) is 2.12. The van der Waals surface area contributed by atoms with E-state index in [1.165, 1.54) is 31.4 Å². The summed E-state index contributed by atoms with van der Waals surface area (Å²) in [7, 11) is 1.50. The van der Waals surface area contributed by atoms with Crippen molar-refractivity contribution in [2.75, 3.05) is 7.11 Å². The third-order valence-electron chi connectivity index (χ3n) is 1.41. The fourth-order valence-electron chi connectivity index (χ4n) is 0.776. The molecule has 0 atom stereocenters. The fourth-order valence-corrected chi connectivity index (χ4v) is 1.90. The average molecular weight is 237 g/mol. The van der Waals surface area contributed by atoms with E-state index in [0.717, 1.165) is 0 Å². The van der Waals surface area contributed by atoms with Crippen LogP contribution in [0.15, 0.2) is 24.3 Å². The molecule has 0 heterocycles. The van der Waals surface area contributed by atoms with Crippen LogP contribution in [0.3, 0.4) is 0 Å². The van der Waals surface area contributed by atoms with E-state index in [1.807, 2.05) is 0 Å². The van der Waals surface area contributed by atoms with Crippen LogP contribution in [0.2, 0.25) is 0 Å². The molecule has 1 rings (SSSR count). The van der Waals surface area contributed by atoms with Crippen LogP contribution in [0, 0.1) is 0 Å². The van der Waals surface area contributed by atoms with Gasteiger partial charge in [-0.25, -0.2) is 0 Å². The van der Waals surface area contributed by atoms with Crippen LogP contribution in [0.25, 0.3) is 0 Å². The van der Waals surface area contributed by atoms with E-state index < -0.39 is 13.4 Å². The number of rotatable bonds is 2. The Kier molecular flexibility index (Phi) is 2.59. The summed E-state index contributed by atoms with van der Waals surface area (Å²) < 4.78 is 33.2. The molecule has 0 aliphatic carbocycles. The average Bonchev–Trinajstić information content (AvgIpc) is 2.03. The monoisotopic (exact) mass is 238 g/mol. The molecule has 2 N–H and O–H groups in total. The van der Waals surface area contributed by atoms with Crippen molar-refractivity contribution in [3.8, 4) is 5.75 Å². The van der Waals surface area contributed by atoms with Gasteiger partial charge in [0, 0.05) is 0 Å². The zero-order valence-electron chi connectivity index (χ0n) is 6.47. The summed E-state index contributed by atoms with van der Waals surface area (Å²) in [5.74, 6) is 0.586. The summed E-state index contributed by atoms with van der Waals surface area (Å²) in [6.07, 6.45) is 0. The Morgan fingerprint density at radius 1 is 1.25 bits per heavy atom. The van der Waals surface area contributed by atoms with Gasteiger partial charge in [0.2, 0.25) is 0 Å². The van der Waals surface area contributed by atoms with Crippen molar-refractivity contribution in [3.05, 3.63) is 24.3 Å². The molecule has 5 heteroatoms. The molecule has 0 saturated heterocycles. The minimum absolute atomic E-state index is 0.0638. The second kappa shape index (κ2) is 3.33. The minimum atomic E-state index is -4.70. The predicted molar refractivity (Wildman–Crippen MR) is 44.9 cm³/mol. The van der Waals surface area contributed by atoms with Crippen LogP contribution in [0.4, 0.5) is 0 Å². The first-order valence-electron chi connectivity index (χ1n) is 3.24. The van der Waals surface area contributed by atoms with E-state index >= 15 is 0 Å². The molecule has 0 unspecified atom stereocenters. The van der Waals surface area contributed by atoms with Gasteiger partial charge >= 0.3 is 72.0 Å². The van der Waals surface area contributed by atoms with Crippen LogP contribution < -0.4 is 9.20 Å². The summed E-state index contributed by atoms with van der Waals surface area (Å²) in [4.78, 5) is 0. The molecular formula is C7H10O4Se. The molecule has 0 saturated carbocycles. The number of ether oxygens (including phenoxy) is 1. The number of methoxy groups -OCH3 is 1. The molecule has 0 radical (unpaired) electrons. The van der Waals surface area contributed by atoms with Gasteiger partial charge in [0.05, 0.1) is 0 Å². The number of benzene rings is 1. The second-order valence-electron chi connectivity index (χ2n) is 2.24. The van der Waals surface area contributed by atoms with Crippen LogP contribution in [-0.2, 0) is 3.83 Å². The van der Waals surface area contributed by atoms with Crippen LogP contribution in [0.5, 0.6) is 5.75 Å². The molecule has 4 nitrogen and oxygen atoms in total. The molecular weight excluding hydrogens is 227 g/mol. The van der Waals surface area contributed by atoms with E-state index in [1.54, 1.807) is 0 Å². The summed E-state index contributed by atoms with van der Waals surface area (Å²) in [5.41, 5.74) is 0. The SMILES string of the molecule is COc1ccc([SeH](=O)(O)O)cc1. The molecule has 0 aliphatic rings. The number of hydrogen-bond acceptors (Lipinski definition) is 2. The van der Waals surface area contributed by atoms with E-state index in [2.05, 4.69) is 0 Å². The van der Waals surface area contributed by atoms with Gasteiger partial charge in [-0.3, -0.25) is 0 Å². The van der Waals surface area contributed by atoms with Crippen molar-refractivity contribution in [2.24, 2.45) is 0 Å². The van der Waals surface area contributed by atoms with Crippen molar-refractivity contribution in [1.29, 1.82) is 0 Å². The van der Waals surface area contributed by atoms with Crippen molar-refractivity contribution in [3.63, 3.8) is 0 Å². The molecule has 1 aromatic carbocycles. The molecule has 0 fully saturated rings. The van der Waals surface area contributed by atoms with Crippen molar-refractivity contribution >= 4 is 17.9 Å². The van der Waals surface area contributed by atoms with Crippen molar-refractivity contribution < 1.29 is 16.9 Å². The zero-order chi connectivity index (χ0) is 9.19. The van der Waals surface area contributed by atoms with Crippen LogP contribution in [0.1, 0.15) is 0 Å². The molecule has 0 bridgehead atoms. The van der Waals surface area contributed by atoms with E-state index in [4.69, 9.17) is 13.1 Å². The zero-order valence-corrected chi connectivity index (χ0v) is 8.34. The first kappa shape index (κ1) is 9.35. The van der Waals surface area contributed by atoms with Crippen LogP contribution >= 0.6 is 0 Å². The first-order valence-corrected chi connectivity index (χ1v) is 6.62. The second-order valence-corrected chi connectivity index (χ2v) is 5.61. The normalized spacial score (nSPS) is 12.6. The quantitative estimate of drug-likeness (QED) is 0.647. The fraction of sp³-hybridized carbons (Fsp3) is 0.143. The molecule has 0 aromatic heterocycles. The molecule has 68 valence electrons. The molecule has 0 spiro atoms. The standard InChI is InChI=1S/C7H10O4Se/c1-11-6-2-4-7(5-3-6)12(8,9)10/h2-5,12H,1H3,(H2,8,9,10). The van der Waals surface area contributed by atoms with Gasteiger partial charge in [0.25, 0.3) is 0 Å². The van der Waals surface area contributed by atoms with Crippen molar-refractivity contribution in [2.45, 2.75) is 0 Å². The van der Waals surface area contributed by atoms with Crippen LogP contribution in [-0.4, -0.2) is 28.9 Å². The molecule has 0 aliphatic heterocycles. The van der Waals surface area contributed by atoms with Gasteiger partial charge < -0.3 is 0 Å². The molecule has 1 aromatic rings. The van der Waals surface area contributed by atoms with Crippen molar-refractivity contribution in [1.82, 2.24) is 0 Å². The maximum atomic E-state index is 10.7. The van der Waals surface area contributed by atoms with Gasteiger partial charge in [-0.2, -0.15) is 0 Å².